The van der Waals surface area contributed by atoms with E-state index in [-0.39, 0.29) is 12.1 Å². The van der Waals surface area contributed by atoms with Crippen molar-refractivity contribution in [3.63, 3.8) is 0 Å². The second-order valence-corrected chi connectivity index (χ2v) is 13.7. The number of fused-ring (bicyclic) bond motifs is 6. The van der Waals surface area contributed by atoms with E-state index in [4.69, 9.17) is 4.74 Å². The molecule has 10 rings (SSSR count). The molecular weight excluding hydrogens is 621 g/mol. The van der Waals surface area contributed by atoms with Crippen LogP contribution in [0, 0.1) is 0 Å². The van der Waals surface area contributed by atoms with Gasteiger partial charge in [-0.1, -0.05) is 146 Å². The minimum atomic E-state index is 0.0889. The second kappa shape index (κ2) is 12.2. The number of benzene rings is 6. The predicted octanol–water partition coefficient (Wildman–Crippen LogP) is 12.1. The van der Waals surface area contributed by atoms with Crippen molar-refractivity contribution in [3.05, 3.63) is 199 Å². The van der Waals surface area contributed by atoms with Gasteiger partial charge in [-0.05, 0) is 70.3 Å². The molecule has 4 unspecified atom stereocenters. The lowest BCUT2D eigenvalue weighted by Crippen LogP contribution is -2.28. The predicted molar refractivity (Wildman–Crippen MR) is 211 cm³/mol. The molecule has 1 N–H and O–H groups in total. The summed E-state index contributed by atoms with van der Waals surface area (Å²) in [4.78, 5) is 2.51. The summed E-state index contributed by atoms with van der Waals surface area (Å²) in [5.41, 5.74) is 14.4. The van der Waals surface area contributed by atoms with Crippen molar-refractivity contribution in [2.45, 2.75) is 24.0 Å². The molecule has 0 aromatic heterocycles. The Hall–Kier alpha value is -6.32. The number of para-hydroxylation sites is 3. The van der Waals surface area contributed by atoms with Crippen LogP contribution in [0.3, 0.4) is 0 Å². The number of allylic oxidation sites excluding steroid dienone is 4. The normalized spacial score (nSPS) is 20.4. The van der Waals surface area contributed by atoms with Crippen molar-refractivity contribution in [1.29, 1.82) is 0 Å². The van der Waals surface area contributed by atoms with Gasteiger partial charge in [0.2, 0.25) is 0 Å². The molecule has 0 bridgehead atoms. The smallest absolute Gasteiger partial charge is 0.132 e. The van der Waals surface area contributed by atoms with E-state index < -0.39 is 0 Å². The molecule has 4 aliphatic rings. The second-order valence-electron chi connectivity index (χ2n) is 13.7. The summed E-state index contributed by atoms with van der Waals surface area (Å²) in [6.45, 7) is 0. The van der Waals surface area contributed by atoms with Crippen molar-refractivity contribution < 1.29 is 4.74 Å². The zero-order chi connectivity index (χ0) is 33.7. The molecule has 6 aromatic carbocycles. The summed E-state index contributed by atoms with van der Waals surface area (Å²) in [5, 5.41) is 3.61. The quantitative estimate of drug-likeness (QED) is 0.193. The van der Waals surface area contributed by atoms with Gasteiger partial charge in [-0.15, -0.1) is 0 Å². The van der Waals surface area contributed by atoms with E-state index in [1.54, 1.807) is 0 Å². The van der Waals surface area contributed by atoms with Gasteiger partial charge in [0.05, 0.1) is 6.04 Å². The maximum atomic E-state index is 6.41. The summed E-state index contributed by atoms with van der Waals surface area (Å²) >= 11 is 0. The van der Waals surface area contributed by atoms with Gasteiger partial charge >= 0.3 is 0 Å². The third-order valence-electron chi connectivity index (χ3n) is 10.8. The Morgan fingerprint density at radius 2 is 0.980 bits per heavy atom. The molecule has 2 aliphatic carbocycles. The monoisotopic (exact) mass is 656 g/mol. The largest absolute Gasteiger partial charge is 0.484 e. The number of hydrogen-bond acceptors (Lipinski definition) is 3. The van der Waals surface area contributed by atoms with Crippen LogP contribution in [0.2, 0.25) is 0 Å². The summed E-state index contributed by atoms with van der Waals surface area (Å²) in [6.07, 6.45) is 17.7. The molecule has 3 nitrogen and oxygen atoms in total. The molecule has 3 heteroatoms. The van der Waals surface area contributed by atoms with Gasteiger partial charge in [-0.3, -0.25) is 0 Å². The molecule has 2 heterocycles. The number of ether oxygens (including phenoxy) is 1. The first-order valence-corrected chi connectivity index (χ1v) is 17.8. The van der Waals surface area contributed by atoms with Gasteiger partial charge in [-0.25, -0.2) is 0 Å². The van der Waals surface area contributed by atoms with Gasteiger partial charge < -0.3 is 15.0 Å². The Morgan fingerprint density at radius 3 is 1.76 bits per heavy atom. The van der Waals surface area contributed by atoms with Gasteiger partial charge in [-0.2, -0.15) is 0 Å². The van der Waals surface area contributed by atoms with Crippen molar-refractivity contribution in [2.24, 2.45) is 0 Å². The average molecular weight is 657 g/mol. The third kappa shape index (κ3) is 5.13. The number of hydrogen-bond donors (Lipinski definition) is 1. The van der Waals surface area contributed by atoms with Gasteiger partial charge in [0.15, 0.2) is 0 Å². The highest BCUT2D eigenvalue weighted by Crippen LogP contribution is 2.50. The average Bonchev–Trinajstić information content (AvgIpc) is 3.75. The van der Waals surface area contributed by atoms with Crippen LogP contribution in [-0.4, -0.2) is 12.1 Å². The zero-order valence-electron chi connectivity index (χ0n) is 28.1. The fraction of sp³-hybridized carbons (Fsp3) is 0.0833. The summed E-state index contributed by atoms with van der Waals surface area (Å²) < 4.78 is 6.41. The van der Waals surface area contributed by atoms with Crippen molar-refractivity contribution in [3.8, 4) is 39.1 Å². The Kier molecular flexibility index (Phi) is 7.09. The molecule has 0 fully saturated rings. The fourth-order valence-corrected chi connectivity index (χ4v) is 8.28. The third-order valence-corrected chi connectivity index (χ3v) is 10.8. The summed E-state index contributed by atoms with van der Waals surface area (Å²) in [7, 11) is 0. The van der Waals surface area contributed by atoms with Crippen LogP contribution in [0.5, 0.6) is 5.75 Å². The van der Waals surface area contributed by atoms with Crippen LogP contribution >= 0.6 is 0 Å². The topological polar surface area (TPSA) is 24.5 Å². The minimum absolute atomic E-state index is 0.0889. The molecule has 0 saturated carbocycles. The minimum Gasteiger partial charge on any atom is -0.484 e. The fourth-order valence-electron chi connectivity index (χ4n) is 8.28. The van der Waals surface area contributed by atoms with E-state index in [0.29, 0.717) is 11.8 Å². The first-order valence-electron chi connectivity index (χ1n) is 17.8. The maximum absolute atomic E-state index is 6.41. The van der Waals surface area contributed by atoms with E-state index in [2.05, 4.69) is 198 Å². The Labute approximate surface area is 299 Å². The molecule has 244 valence electrons. The van der Waals surface area contributed by atoms with E-state index in [9.17, 15) is 0 Å². The molecule has 4 atom stereocenters. The van der Waals surface area contributed by atoms with Gasteiger partial charge in [0, 0.05) is 51.3 Å². The van der Waals surface area contributed by atoms with Crippen molar-refractivity contribution in [2.75, 3.05) is 10.2 Å². The van der Waals surface area contributed by atoms with Crippen LogP contribution in [0.1, 0.15) is 23.0 Å². The SMILES string of the molecule is C1=CC2Oc3c(-c4ccc(-c5ccc(Nc6ccc(-c7ccccc7N7c8ccccc8C8C=CC=CC87)cc6)cc5)cc4)cccc3C2C=C1. The van der Waals surface area contributed by atoms with Crippen LogP contribution in [0.25, 0.3) is 33.4 Å². The highest BCUT2D eigenvalue weighted by atomic mass is 16.5. The Balaban J connectivity index is 0.855. The van der Waals surface area contributed by atoms with Crippen molar-refractivity contribution >= 4 is 22.7 Å². The number of nitrogens with one attached hydrogen (secondary N) is 1. The maximum Gasteiger partial charge on any atom is 0.132 e. The van der Waals surface area contributed by atoms with Gasteiger partial charge in [0.1, 0.15) is 11.9 Å². The molecule has 0 amide bonds. The number of rotatable bonds is 6. The van der Waals surface area contributed by atoms with Gasteiger partial charge in [0.25, 0.3) is 0 Å². The van der Waals surface area contributed by atoms with E-state index in [1.807, 2.05) is 0 Å². The summed E-state index contributed by atoms with van der Waals surface area (Å²) in [5.74, 6) is 1.67. The molecular formula is C48H36N2O. The molecule has 6 aromatic rings. The van der Waals surface area contributed by atoms with E-state index in [0.717, 1.165) is 22.7 Å². The van der Waals surface area contributed by atoms with Crippen molar-refractivity contribution in [1.82, 2.24) is 0 Å². The first kappa shape index (κ1) is 29.6. The zero-order valence-corrected chi connectivity index (χ0v) is 28.1. The molecule has 0 radical (unpaired) electrons. The Morgan fingerprint density at radius 1 is 0.431 bits per heavy atom. The lowest BCUT2D eigenvalue weighted by Gasteiger charge is -2.30. The lowest BCUT2D eigenvalue weighted by molar-refractivity contribution is 0.270. The first-order chi connectivity index (χ1) is 25.3. The van der Waals surface area contributed by atoms with E-state index >= 15 is 0 Å². The lowest BCUT2D eigenvalue weighted by atomic mass is 9.90. The molecule has 2 aliphatic heterocycles. The van der Waals surface area contributed by atoms with Crippen LogP contribution in [0.4, 0.5) is 22.7 Å². The van der Waals surface area contributed by atoms with E-state index in [1.165, 1.54) is 50.3 Å². The molecule has 0 spiro atoms. The highest BCUT2D eigenvalue weighted by molar-refractivity contribution is 5.87. The standard InChI is InChI=1S/C48H36N2O/c1-5-16-44(50-45-17-6-2-11-40(45)41-12-3-7-18-46(41)50)38(10-1)34-26-30-37(31-27-34)49-36-28-24-33(25-29-36)32-20-22-35(23-21-32)39-14-9-15-43-42-13-4-8-19-47(42)51-48(39)43/h1-31,40,42,45,47,49H. The molecule has 0 saturated heterocycles. The highest BCUT2D eigenvalue weighted by Gasteiger charge is 2.38. The van der Waals surface area contributed by atoms with Crippen LogP contribution in [0.15, 0.2) is 188 Å². The number of anilines is 4. The molecule has 51 heavy (non-hydrogen) atoms. The van der Waals surface area contributed by atoms with Crippen LogP contribution < -0.4 is 15.0 Å². The number of nitrogens with zero attached hydrogens (tertiary/aromatic N) is 1. The van der Waals surface area contributed by atoms with Crippen LogP contribution in [-0.2, 0) is 0 Å². The summed E-state index contributed by atoms with van der Waals surface area (Å²) in [6, 6.07) is 50.7. The Bertz CT molecular complexity index is 2380.